The number of carbonyl (C=O) groups excluding carboxylic acids is 1. The minimum atomic E-state index is 0.134. The minimum Gasteiger partial charge on any atom is -0.298 e. The average molecular weight is 150 g/mol. The molecule has 0 aliphatic carbocycles. The van der Waals surface area contributed by atoms with Crippen LogP contribution in [0.25, 0.3) is 0 Å². The van der Waals surface area contributed by atoms with E-state index in [-0.39, 0.29) is 5.78 Å². The highest BCUT2D eigenvalue weighted by Crippen LogP contribution is 1.83. The molecule has 0 bridgehead atoms. The summed E-state index contributed by atoms with van der Waals surface area (Å²) in [4.78, 5) is 10.1. The highest BCUT2D eigenvalue weighted by atomic mass is 79.9. The van der Waals surface area contributed by atoms with Gasteiger partial charge in [0.25, 0.3) is 0 Å². The van der Waals surface area contributed by atoms with Crippen LogP contribution in [0.3, 0.4) is 0 Å². The van der Waals surface area contributed by atoms with E-state index in [9.17, 15) is 4.79 Å². The molecule has 0 aromatic rings. The minimum absolute atomic E-state index is 0.134. The SMILES string of the molecule is C[CH]C(=O)CBr. The summed E-state index contributed by atoms with van der Waals surface area (Å²) >= 11 is 2.99. The van der Waals surface area contributed by atoms with Gasteiger partial charge in [-0.05, 0) is 0 Å². The lowest BCUT2D eigenvalue weighted by Gasteiger charge is -1.79. The van der Waals surface area contributed by atoms with Crippen LogP contribution in [-0.4, -0.2) is 11.1 Å². The van der Waals surface area contributed by atoms with Crippen molar-refractivity contribution in [3.63, 3.8) is 0 Å². The van der Waals surface area contributed by atoms with Crippen molar-refractivity contribution in [1.82, 2.24) is 0 Å². The molecule has 35 valence electrons. The van der Waals surface area contributed by atoms with Crippen LogP contribution in [0.2, 0.25) is 0 Å². The Morgan fingerprint density at radius 1 is 2.00 bits per heavy atom. The highest BCUT2D eigenvalue weighted by Gasteiger charge is 1.89. The van der Waals surface area contributed by atoms with Gasteiger partial charge in [-0.15, -0.1) is 0 Å². The van der Waals surface area contributed by atoms with Crippen LogP contribution in [0, 0.1) is 6.42 Å². The van der Waals surface area contributed by atoms with Gasteiger partial charge in [-0.25, -0.2) is 0 Å². The first-order valence-corrected chi connectivity index (χ1v) is 2.81. The van der Waals surface area contributed by atoms with Gasteiger partial charge in [0.2, 0.25) is 0 Å². The summed E-state index contributed by atoms with van der Waals surface area (Å²) in [6.07, 6.45) is 1.54. The van der Waals surface area contributed by atoms with Crippen molar-refractivity contribution in [3.8, 4) is 0 Å². The molecule has 1 nitrogen and oxygen atoms in total. The summed E-state index contributed by atoms with van der Waals surface area (Å²) in [6, 6.07) is 0. The number of Topliss-reactive ketones (excluding diaryl/α,β-unsaturated/α-hetero) is 1. The number of alkyl halides is 1. The first-order chi connectivity index (χ1) is 2.81. The maximum atomic E-state index is 10.1. The quantitative estimate of drug-likeness (QED) is 0.540. The Morgan fingerprint density at radius 3 is 2.50 bits per heavy atom. The first-order valence-electron chi connectivity index (χ1n) is 1.69. The molecule has 0 heterocycles. The van der Waals surface area contributed by atoms with Crippen molar-refractivity contribution in [2.45, 2.75) is 6.92 Å². The van der Waals surface area contributed by atoms with Crippen LogP contribution in [0.15, 0.2) is 0 Å². The molecule has 0 N–H and O–H groups in total. The normalized spacial score (nSPS) is 8.33. The second-order valence-corrected chi connectivity index (χ2v) is 1.45. The molecule has 1 radical (unpaired) electrons. The monoisotopic (exact) mass is 149 g/mol. The summed E-state index contributed by atoms with van der Waals surface area (Å²) in [5, 5.41) is 0.448. The predicted octanol–water partition coefficient (Wildman–Crippen LogP) is 1.17. The van der Waals surface area contributed by atoms with Crippen molar-refractivity contribution in [2.24, 2.45) is 0 Å². The van der Waals surface area contributed by atoms with Crippen LogP contribution in [0.5, 0.6) is 0 Å². The third-order valence-electron chi connectivity index (χ3n) is 0.454. The molecule has 0 fully saturated rings. The van der Waals surface area contributed by atoms with Crippen molar-refractivity contribution in [2.75, 3.05) is 5.33 Å². The molecular formula is C4H6BrO. The van der Waals surface area contributed by atoms with Crippen molar-refractivity contribution < 1.29 is 4.79 Å². The van der Waals surface area contributed by atoms with Gasteiger partial charge >= 0.3 is 0 Å². The van der Waals surface area contributed by atoms with Crippen LogP contribution in [0.4, 0.5) is 0 Å². The Bertz CT molecular complexity index is 45.5. The van der Waals surface area contributed by atoms with E-state index in [1.807, 2.05) is 0 Å². The number of hydrogen-bond donors (Lipinski definition) is 0. The third-order valence-corrected chi connectivity index (χ3v) is 1.01. The lowest BCUT2D eigenvalue weighted by atomic mass is 10.4. The smallest absolute Gasteiger partial charge is 0.146 e. The van der Waals surface area contributed by atoms with Gasteiger partial charge in [0.1, 0.15) is 5.78 Å². The number of carbonyl (C=O) groups is 1. The van der Waals surface area contributed by atoms with Gasteiger partial charge in [0.15, 0.2) is 0 Å². The number of halogens is 1. The predicted molar refractivity (Wildman–Crippen MR) is 28.8 cm³/mol. The largest absolute Gasteiger partial charge is 0.298 e. The molecule has 0 spiro atoms. The lowest BCUT2D eigenvalue weighted by molar-refractivity contribution is -0.113. The van der Waals surface area contributed by atoms with Gasteiger partial charge in [0, 0.05) is 6.42 Å². The molecule has 0 saturated carbocycles. The topological polar surface area (TPSA) is 17.1 Å². The van der Waals surface area contributed by atoms with E-state index >= 15 is 0 Å². The molecule has 0 rings (SSSR count). The molecule has 0 atom stereocenters. The van der Waals surface area contributed by atoms with E-state index in [1.54, 1.807) is 6.92 Å². The maximum Gasteiger partial charge on any atom is 0.146 e. The second kappa shape index (κ2) is 3.34. The van der Waals surface area contributed by atoms with Crippen LogP contribution in [-0.2, 0) is 4.79 Å². The fourth-order valence-electron chi connectivity index (χ4n) is 0.0772. The van der Waals surface area contributed by atoms with Crippen LogP contribution >= 0.6 is 15.9 Å². The van der Waals surface area contributed by atoms with Crippen LogP contribution in [0.1, 0.15) is 6.92 Å². The molecule has 2 heteroatoms. The summed E-state index contributed by atoms with van der Waals surface area (Å²) in [5.74, 6) is 0.134. The molecule has 0 unspecified atom stereocenters. The van der Waals surface area contributed by atoms with E-state index in [1.165, 1.54) is 6.42 Å². The number of ketones is 1. The molecule has 0 amide bonds. The van der Waals surface area contributed by atoms with Gasteiger partial charge in [-0.2, -0.15) is 0 Å². The number of rotatable bonds is 2. The molecular weight excluding hydrogens is 144 g/mol. The fraction of sp³-hybridized carbons (Fsp3) is 0.500. The van der Waals surface area contributed by atoms with E-state index in [0.717, 1.165) is 0 Å². The lowest BCUT2D eigenvalue weighted by Crippen LogP contribution is -1.94. The zero-order valence-electron chi connectivity index (χ0n) is 3.57. The van der Waals surface area contributed by atoms with Gasteiger partial charge in [-0.1, -0.05) is 22.9 Å². The van der Waals surface area contributed by atoms with Gasteiger partial charge in [-0.3, -0.25) is 4.79 Å². The van der Waals surface area contributed by atoms with E-state index < -0.39 is 0 Å². The first kappa shape index (κ1) is 6.15. The molecule has 0 aliphatic heterocycles. The van der Waals surface area contributed by atoms with E-state index in [0.29, 0.717) is 5.33 Å². The molecule has 6 heavy (non-hydrogen) atoms. The molecule has 0 saturated heterocycles. The third kappa shape index (κ3) is 2.39. The Morgan fingerprint density at radius 2 is 2.50 bits per heavy atom. The van der Waals surface area contributed by atoms with Crippen molar-refractivity contribution >= 4 is 21.7 Å². The summed E-state index contributed by atoms with van der Waals surface area (Å²) in [7, 11) is 0. The fourth-order valence-corrected chi connectivity index (χ4v) is 0.401. The Labute approximate surface area is 45.9 Å². The second-order valence-electron chi connectivity index (χ2n) is 0.889. The summed E-state index contributed by atoms with van der Waals surface area (Å²) in [6.45, 7) is 1.73. The molecule has 0 aromatic carbocycles. The Kier molecular flexibility index (Phi) is 3.43. The zero-order chi connectivity index (χ0) is 4.99. The van der Waals surface area contributed by atoms with E-state index in [2.05, 4.69) is 15.9 Å². The van der Waals surface area contributed by atoms with Gasteiger partial charge < -0.3 is 0 Å². The molecule has 0 aliphatic rings. The Hall–Kier alpha value is 0.150. The van der Waals surface area contributed by atoms with Gasteiger partial charge in [0.05, 0.1) is 5.33 Å². The standard InChI is InChI=1S/C4H6BrO/c1-2-4(6)3-5/h2H,3H2,1H3. The Balaban J connectivity index is 2.99. The molecule has 0 aromatic heterocycles. The zero-order valence-corrected chi connectivity index (χ0v) is 5.16. The summed E-state index contributed by atoms with van der Waals surface area (Å²) in [5.41, 5.74) is 0. The maximum absolute atomic E-state index is 10.1. The van der Waals surface area contributed by atoms with E-state index in [4.69, 9.17) is 0 Å². The van der Waals surface area contributed by atoms with Crippen molar-refractivity contribution in [3.05, 3.63) is 6.42 Å². The number of hydrogen-bond acceptors (Lipinski definition) is 1. The summed E-state index contributed by atoms with van der Waals surface area (Å²) < 4.78 is 0. The highest BCUT2D eigenvalue weighted by molar-refractivity contribution is 9.09. The van der Waals surface area contributed by atoms with Crippen molar-refractivity contribution in [1.29, 1.82) is 0 Å². The van der Waals surface area contributed by atoms with Crippen LogP contribution < -0.4 is 0 Å². The average Bonchev–Trinajstić information content (AvgIpc) is 1.65.